The van der Waals surface area contributed by atoms with E-state index in [9.17, 15) is 4.79 Å². The number of nitrogens with two attached hydrogens (primary N) is 1. The van der Waals surface area contributed by atoms with Gasteiger partial charge < -0.3 is 11.1 Å². The number of hydrogen-bond donors (Lipinski definition) is 2. The van der Waals surface area contributed by atoms with E-state index < -0.39 is 0 Å². The largest absolute Gasteiger partial charge is 0.356 e. The van der Waals surface area contributed by atoms with Crippen LogP contribution in [-0.4, -0.2) is 33.5 Å². The van der Waals surface area contributed by atoms with Crippen LogP contribution in [0.4, 0.5) is 0 Å². The molecule has 108 valence electrons. The van der Waals surface area contributed by atoms with Crippen LogP contribution in [0.2, 0.25) is 0 Å². The van der Waals surface area contributed by atoms with E-state index in [4.69, 9.17) is 5.73 Å². The third kappa shape index (κ3) is 6.91. The maximum absolute atomic E-state index is 11.8. The Morgan fingerprint density at radius 1 is 1.37 bits per heavy atom. The van der Waals surface area contributed by atoms with Gasteiger partial charge in [-0.25, -0.2) is 0 Å². The van der Waals surface area contributed by atoms with Crippen molar-refractivity contribution < 1.29 is 4.79 Å². The molecule has 2 atom stereocenters. The molecule has 19 heavy (non-hydrogen) atoms. The Hall–Kier alpha value is -1.43. The van der Waals surface area contributed by atoms with E-state index in [0.717, 1.165) is 32.2 Å². The van der Waals surface area contributed by atoms with Gasteiger partial charge in [-0.1, -0.05) is 18.6 Å². The van der Waals surface area contributed by atoms with Gasteiger partial charge in [-0.2, -0.15) is 0 Å². The molecule has 0 aliphatic carbocycles. The summed E-state index contributed by atoms with van der Waals surface area (Å²) < 4.78 is 1.76. The number of nitrogens with one attached hydrogen (secondary N) is 1. The molecule has 6 nitrogen and oxygen atoms in total. The molecule has 0 radical (unpaired) electrons. The van der Waals surface area contributed by atoms with Crippen LogP contribution < -0.4 is 11.1 Å². The highest BCUT2D eigenvalue weighted by Crippen LogP contribution is 2.08. The monoisotopic (exact) mass is 267 g/mol. The number of aryl methyl sites for hydroxylation is 1. The molecule has 0 aliphatic heterocycles. The molecule has 0 aromatic carbocycles. The molecule has 1 rings (SSSR count). The molecule has 6 heteroatoms. The van der Waals surface area contributed by atoms with Crippen molar-refractivity contribution in [2.24, 2.45) is 11.7 Å². The predicted octanol–water partition coefficient (Wildman–Crippen LogP) is 0.938. The van der Waals surface area contributed by atoms with Gasteiger partial charge >= 0.3 is 0 Å². The Bertz CT molecular complexity index is 350. The summed E-state index contributed by atoms with van der Waals surface area (Å²) in [5.74, 6) is 0.188. The fourth-order valence-corrected chi connectivity index (χ4v) is 1.86. The van der Waals surface area contributed by atoms with Gasteiger partial charge in [0.05, 0.1) is 6.20 Å². The highest BCUT2D eigenvalue weighted by atomic mass is 16.1. The first-order valence-corrected chi connectivity index (χ1v) is 6.97. The van der Waals surface area contributed by atoms with Gasteiger partial charge in [-0.05, 0) is 26.2 Å². The second kappa shape index (κ2) is 8.63. The molecule has 0 saturated carbocycles. The summed E-state index contributed by atoms with van der Waals surface area (Å²) in [4.78, 5) is 11.8. The third-order valence-corrected chi connectivity index (χ3v) is 3.08. The number of hydrogen-bond acceptors (Lipinski definition) is 4. The fraction of sp³-hybridized carbons (Fsp3) is 0.769. The lowest BCUT2D eigenvalue weighted by molar-refractivity contribution is -0.124. The minimum absolute atomic E-state index is 0.0603. The fourth-order valence-electron chi connectivity index (χ4n) is 1.86. The van der Waals surface area contributed by atoms with Crippen LogP contribution in [0.15, 0.2) is 12.4 Å². The van der Waals surface area contributed by atoms with Gasteiger partial charge in [-0.15, -0.1) is 5.10 Å². The molecule has 0 spiro atoms. The van der Waals surface area contributed by atoms with Crippen molar-refractivity contribution in [3.8, 4) is 0 Å². The first kappa shape index (κ1) is 15.6. The first-order valence-electron chi connectivity index (χ1n) is 6.97. The van der Waals surface area contributed by atoms with E-state index in [2.05, 4.69) is 15.6 Å². The summed E-state index contributed by atoms with van der Waals surface area (Å²) in [6, 6.07) is 0.220. The van der Waals surface area contributed by atoms with Crippen LogP contribution in [0, 0.1) is 5.92 Å². The van der Waals surface area contributed by atoms with E-state index in [1.165, 1.54) is 0 Å². The van der Waals surface area contributed by atoms with Crippen LogP contribution in [0.5, 0.6) is 0 Å². The molecule has 0 bridgehead atoms. The van der Waals surface area contributed by atoms with Gasteiger partial charge in [-0.3, -0.25) is 9.48 Å². The summed E-state index contributed by atoms with van der Waals surface area (Å²) >= 11 is 0. The van der Waals surface area contributed by atoms with Crippen molar-refractivity contribution in [3.63, 3.8) is 0 Å². The van der Waals surface area contributed by atoms with Crippen LogP contribution in [0.25, 0.3) is 0 Å². The normalized spacial score (nSPS) is 14.1. The Balaban J connectivity index is 2.06. The van der Waals surface area contributed by atoms with E-state index >= 15 is 0 Å². The topological polar surface area (TPSA) is 85.8 Å². The Morgan fingerprint density at radius 3 is 2.79 bits per heavy atom. The zero-order valence-corrected chi connectivity index (χ0v) is 11.9. The predicted molar refractivity (Wildman–Crippen MR) is 74.3 cm³/mol. The molecule has 1 aromatic rings. The molecule has 0 fully saturated rings. The lowest BCUT2D eigenvalue weighted by Crippen LogP contribution is -2.30. The van der Waals surface area contributed by atoms with Gasteiger partial charge in [0, 0.05) is 31.2 Å². The summed E-state index contributed by atoms with van der Waals surface area (Å²) in [6.07, 6.45) is 7.21. The molecular formula is C13H25N5O. The van der Waals surface area contributed by atoms with Crippen molar-refractivity contribution in [1.82, 2.24) is 20.3 Å². The maximum Gasteiger partial charge on any atom is 0.222 e. The third-order valence-electron chi connectivity index (χ3n) is 3.08. The Kier molecular flexibility index (Phi) is 7.10. The van der Waals surface area contributed by atoms with E-state index in [1.54, 1.807) is 10.9 Å². The van der Waals surface area contributed by atoms with Crippen molar-refractivity contribution in [3.05, 3.63) is 12.4 Å². The Morgan fingerprint density at radius 2 is 2.16 bits per heavy atom. The molecule has 2 unspecified atom stereocenters. The second-order valence-electron chi connectivity index (χ2n) is 5.12. The van der Waals surface area contributed by atoms with E-state index in [0.29, 0.717) is 6.54 Å². The average molecular weight is 267 g/mol. The molecule has 3 N–H and O–H groups in total. The average Bonchev–Trinajstić information content (AvgIpc) is 2.86. The minimum Gasteiger partial charge on any atom is -0.356 e. The quantitative estimate of drug-likeness (QED) is 0.652. The van der Waals surface area contributed by atoms with Gasteiger partial charge in [0.15, 0.2) is 0 Å². The standard InChI is InChI=1S/C13H25N5O/c1-11(5-3-6-12(2)14)13(19)15-7-4-9-18-10-8-16-17-18/h8,10-12H,3-7,9,14H2,1-2H3,(H,15,19). The van der Waals surface area contributed by atoms with Crippen molar-refractivity contribution >= 4 is 5.91 Å². The molecule has 1 aromatic heterocycles. The van der Waals surface area contributed by atoms with Crippen molar-refractivity contribution in [2.45, 2.75) is 52.1 Å². The zero-order valence-electron chi connectivity index (χ0n) is 11.9. The summed E-state index contributed by atoms with van der Waals surface area (Å²) in [5.41, 5.74) is 5.69. The SMILES string of the molecule is CC(N)CCCC(C)C(=O)NCCCn1ccnn1. The summed E-state index contributed by atoms with van der Waals surface area (Å²) in [5, 5.41) is 10.5. The highest BCUT2D eigenvalue weighted by Gasteiger charge is 2.11. The van der Waals surface area contributed by atoms with E-state index in [1.807, 2.05) is 20.0 Å². The Labute approximate surface area is 114 Å². The molecule has 1 heterocycles. The summed E-state index contributed by atoms with van der Waals surface area (Å²) in [6.45, 7) is 5.42. The lowest BCUT2D eigenvalue weighted by atomic mass is 10.0. The number of nitrogens with zero attached hydrogens (tertiary/aromatic N) is 3. The first-order chi connectivity index (χ1) is 9.09. The number of carbonyl (C=O) groups excluding carboxylic acids is 1. The smallest absolute Gasteiger partial charge is 0.222 e. The van der Waals surface area contributed by atoms with Gasteiger partial charge in [0.1, 0.15) is 0 Å². The number of carbonyl (C=O) groups is 1. The minimum atomic E-state index is 0.0603. The molecular weight excluding hydrogens is 242 g/mol. The number of amides is 1. The number of aromatic nitrogens is 3. The van der Waals surface area contributed by atoms with E-state index in [-0.39, 0.29) is 17.9 Å². The maximum atomic E-state index is 11.8. The zero-order chi connectivity index (χ0) is 14.1. The van der Waals surface area contributed by atoms with Crippen LogP contribution in [0.1, 0.15) is 39.5 Å². The van der Waals surface area contributed by atoms with Crippen LogP contribution >= 0.6 is 0 Å². The van der Waals surface area contributed by atoms with Gasteiger partial charge in [0.2, 0.25) is 5.91 Å². The van der Waals surface area contributed by atoms with Crippen LogP contribution in [-0.2, 0) is 11.3 Å². The summed E-state index contributed by atoms with van der Waals surface area (Å²) in [7, 11) is 0. The second-order valence-corrected chi connectivity index (χ2v) is 5.12. The van der Waals surface area contributed by atoms with Crippen molar-refractivity contribution in [1.29, 1.82) is 0 Å². The molecule has 0 aliphatic rings. The number of rotatable bonds is 9. The van der Waals surface area contributed by atoms with Crippen molar-refractivity contribution in [2.75, 3.05) is 6.54 Å². The van der Waals surface area contributed by atoms with Gasteiger partial charge in [0.25, 0.3) is 0 Å². The molecule has 1 amide bonds. The molecule has 0 saturated heterocycles. The highest BCUT2D eigenvalue weighted by molar-refractivity contribution is 5.78. The van der Waals surface area contributed by atoms with Crippen LogP contribution in [0.3, 0.4) is 0 Å². The lowest BCUT2D eigenvalue weighted by Gasteiger charge is -2.12.